The van der Waals surface area contributed by atoms with Crippen LogP contribution in [-0.2, 0) is 13.1 Å². The van der Waals surface area contributed by atoms with Crippen molar-refractivity contribution >= 4 is 0 Å². The molecule has 4 heteroatoms. The zero-order valence-corrected chi connectivity index (χ0v) is 11.2. The van der Waals surface area contributed by atoms with Gasteiger partial charge < -0.3 is 9.88 Å². The third kappa shape index (κ3) is 3.30. The van der Waals surface area contributed by atoms with E-state index >= 15 is 0 Å². The van der Waals surface area contributed by atoms with Crippen LogP contribution >= 0.6 is 0 Å². The molecule has 0 amide bonds. The number of hydrogen-bond acceptors (Lipinski definition) is 3. The number of imidazole rings is 1. The van der Waals surface area contributed by atoms with Gasteiger partial charge in [0.25, 0.3) is 0 Å². The molecule has 4 nitrogen and oxygen atoms in total. The van der Waals surface area contributed by atoms with Crippen LogP contribution in [0.5, 0.6) is 0 Å². The highest BCUT2D eigenvalue weighted by Gasteiger charge is 2.17. The SMILES string of the molecule is CCC(C)(C)NCCN1CCn2ccnc2C1. The standard InChI is InChI=1S/C13H24N4/c1-4-13(2,3)15-6-7-16-9-10-17-8-5-14-12(17)11-16/h5,8,15H,4,6-7,9-11H2,1-3H3. The molecule has 1 aliphatic heterocycles. The summed E-state index contributed by atoms with van der Waals surface area (Å²) in [4.78, 5) is 6.85. The van der Waals surface area contributed by atoms with Gasteiger partial charge in [-0.05, 0) is 20.3 Å². The summed E-state index contributed by atoms with van der Waals surface area (Å²) in [6.45, 7) is 12.1. The highest BCUT2D eigenvalue weighted by Crippen LogP contribution is 2.10. The molecule has 0 saturated carbocycles. The molecule has 0 fully saturated rings. The quantitative estimate of drug-likeness (QED) is 0.840. The topological polar surface area (TPSA) is 33.1 Å². The summed E-state index contributed by atoms with van der Waals surface area (Å²) in [7, 11) is 0. The van der Waals surface area contributed by atoms with Crippen molar-refractivity contribution in [3.8, 4) is 0 Å². The van der Waals surface area contributed by atoms with E-state index in [9.17, 15) is 0 Å². The molecule has 0 atom stereocenters. The van der Waals surface area contributed by atoms with Gasteiger partial charge >= 0.3 is 0 Å². The minimum absolute atomic E-state index is 0.258. The lowest BCUT2D eigenvalue weighted by Gasteiger charge is -2.30. The van der Waals surface area contributed by atoms with Gasteiger partial charge in [-0.3, -0.25) is 4.90 Å². The molecule has 1 aromatic heterocycles. The minimum atomic E-state index is 0.258. The average Bonchev–Trinajstić information content (AvgIpc) is 2.76. The number of nitrogens with zero attached hydrogens (tertiary/aromatic N) is 3. The number of fused-ring (bicyclic) bond motifs is 1. The lowest BCUT2D eigenvalue weighted by Crippen LogP contribution is -2.44. The van der Waals surface area contributed by atoms with Crippen molar-refractivity contribution in [2.75, 3.05) is 19.6 Å². The Bertz CT molecular complexity index is 356. The number of aromatic nitrogens is 2. The van der Waals surface area contributed by atoms with Crippen molar-refractivity contribution in [2.24, 2.45) is 0 Å². The Morgan fingerprint density at radius 1 is 1.41 bits per heavy atom. The second kappa shape index (κ2) is 5.19. The largest absolute Gasteiger partial charge is 0.333 e. The van der Waals surface area contributed by atoms with Crippen LogP contribution in [0.25, 0.3) is 0 Å². The first-order valence-corrected chi connectivity index (χ1v) is 6.58. The van der Waals surface area contributed by atoms with E-state index in [4.69, 9.17) is 0 Å². The molecule has 2 heterocycles. The van der Waals surface area contributed by atoms with Gasteiger partial charge in [0.05, 0.1) is 6.54 Å². The highest BCUT2D eigenvalue weighted by molar-refractivity contribution is 4.95. The van der Waals surface area contributed by atoms with Crippen LogP contribution < -0.4 is 5.32 Å². The molecule has 0 bridgehead atoms. The van der Waals surface area contributed by atoms with Crippen molar-refractivity contribution in [2.45, 2.75) is 45.8 Å². The Labute approximate surface area is 104 Å². The zero-order valence-electron chi connectivity index (χ0n) is 11.2. The van der Waals surface area contributed by atoms with Crippen LogP contribution in [0.15, 0.2) is 12.4 Å². The maximum atomic E-state index is 4.38. The molecule has 1 N–H and O–H groups in total. The second-order valence-electron chi connectivity index (χ2n) is 5.48. The van der Waals surface area contributed by atoms with Crippen molar-refractivity contribution in [1.29, 1.82) is 0 Å². The number of nitrogens with one attached hydrogen (secondary N) is 1. The first kappa shape index (κ1) is 12.6. The normalized spacial score (nSPS) is 17.1. The highest BCUT2D eigenvalue weighted by atomic mass is 15.2. The molecule has 0 radical (unpaired) electrons. The molecular formula is C13H24N4. The molecule has 0 spiro atoms. The Morgan fingerprint density at radius 3 is 3.00 bits per heavy atom. The smallest absolute Gasteiger partial charge is 0.122 e. The molecule has 96 valence electrons. The maximum absolute atomic E-state index is 4.38. The monoisotopic (exact) mass is 236 g/mol. The third-order valence-corrected chi connectivity index (χ3v) is 3.74. The molecule has 2 rings (SSSR count). The minimum Gasteiger partial charge on any atom is -0.333 e. The predicted octanol–water partition coefficient (Wildman–Crippen LogP) is 1.48. The van der Waals surface area contributed by atoms with Gasteiger partial charge in [-0.2, -0.15) is 0 Å². The van der Waals surface area contributed by atoms with E-state index in [-0.39, 0.29) is 5.54 Å². The van der Waals surface area contributed by atoms with Gasteiger partial charge in [0.2, 0.25) is 0 Å². The Hall–Kier alpha value is -0.870. The Kier molecular flexibility index (Phi) is 3.84. The fourth-order valence-corrected chi connectivity index (χ4v) is 2.09. The van der Waals surface area contributed by atoms with Crippen LogP contribution in [0.2, 0.25) is 0 Å². The summed E-state index contributed by atoms with van der Waals surface area (Å²) >= 11 is 0. The Morgan fingerprint density at radius 2 is 2.24 bits per heavy atom. The summed E-state index contributed by atoms with van der Waals surface area (Å²) in [6, 6.07) is 0. The van der Waals surface area contributed by atoms with Gasteiger partial charge in [0, 0.05) is 44.1 Å². The summed E-state index contributed by atoms with van der Waals surface area (Å²) in [5.41, 5.74) is 0.258. The van der Waals surface area contributed by atoms with Gasteiger partial charge in [-0.25, -0.2) is 4.98 Å². The fourth-order valence-electron chi connectivity index (χ4n) is 2.09. The third-order valence-electron chi connectivity index (χ3n) is 3.74. The molecule has 0 unspecified atom stereocenters. The van der Waals surface area contributed by atoms with Crippen molar-refractivity contribution in [3.05, 3.63) is 18.2 Å². The van der Waals surface area contributed by atoms with Gasteiger partial charge in [-0.15, -0.1) is 0 Å². The first-order valence-electron chi connectivity index (χ1n) is 6.58. The van der Waals surface area contributed by atoms with Gasteiger partial charge in [0.15, 0.2) is 0 Å². The number of hydrogen-bond donors (Lipinski definition) is 1. The van der Waals surface area contributed by atoms with E-state index in [2.05, 4.69) is 46.7 Å². The van der Waals surface area contributed by atoms with E-state index in [1.807, 2.05) is 6.20 Å². The van der Waals surface area contributed by atoms with Crippen molar-refractivity contribution < 1.29 is 0 Å². The van der Waals surface area contributed by atoms with E-state index in [0.29, 0.717) is 0 Å². The summed E-state index contributed by atoms with van der Waals surface area (Å²) < 4.78 is 2.25. The number of rotatable bonds is 5. The van der Waals surface area contributed by atoms with Crippen LogP contribution in [0.4, 0.5) is 0 Å². The molecule has 0 aromatic carbocycles. The lowest BCUT2D eigenvalue weighted by atomic mass is 10.0. The van der Waals surface area contributed by atoms with E-state index in [0.717, 1.165) is 39.1 Å². The van der Waals surface area contributed by atoms with Gasteiger partial charge in [0.1, 0.15) is 5.82 Å². The lowest BCUT2D eigenvalue weighted by molar-refractivity contribution is 0.208. The molecular weight excluding hydrogens is 212 g/mol. The van der Waals surface area contributed by atoms with E-state index in [1.54, 1.807) is 0 Å². The molecule has 0 aliphatic carbocycles. The predicted molar refractivity (Wildman–Crippen MR) is 69.9 cm³/mol. The summed E-state index contributed by atoms with van der Waals surface area (Å²) in [5, 5.41) is 3.60. The summed E-state index contributed by atoms with van der Waals surface area (Å²) in [5.74, 6) is 1.20. The molecule has 0 saturated heterocycles. The van der Waals surface area contributed by atoms with Crippen LogP contribution in [-0.4, -0.2) is 39.6 Å². The first-order chi connectivity index (χ1) is 8.11. The molecule has 17 heavy (non-hydrogen) atoms. The van der Waals surface area contributed by atoms with Crippen LogP contribution in [0.1, 0.15) is 33.0 Å². The van der Waals surface area contributed by atoms with E-state index < -0.39 is 0 Å². The zero-order chi connectivity index (χ0) is 12.3. The molecule has 1 aromatic rings. The van der Waals surface area contributed by atoms with Crippen molar-refractivity contribution in [1.82, 2.24) is 19.8 Å². The average molecular weight is 236 g/mol. The van der Waals surface area contributed by atoms with Crippen LogP contribution in [0.3, 0.4) is 0 Å². The van der Waals surface area contributed by atoms with Gasteiger partial charge in [-0.1, -0.05) is 6.92 Å². The summed E-state index contributed by atoms with van der Waals surface area (Å²) in [6.07, 6.45) is 5.14. The maximum Gasteiger partial charge on any atom is 0.122 e. The van der Waals surface area contributed by atoms with E-state index in [1.165, 1.54) is 5.82 Å². The van der Waals surface area contributed by atoms with Crippen LogP contribution in [0, 0.1) is 0 Å². The molecule has 1 aliphatic rings. The van der Waals surface area contributed by atoms with Crippen molar-refractivity contribution in [3.63, 3.8) is 0 Å². The second-order valence-corrected chi connectivity index (χ2v) is 5.48. The Balaban J connectivity index is 1.75. The fraction of sp³-hybridized carbons (Fsp3) is 0.769.